The summed E-state index contributed by atoms with van der Waals surface area (Å²) in [6.45, 7) is 0.425. The van der Waals surface area contributed by atoms with Crippen molar-refractivity contribution in [1.29, 1.82) is 5.26 Å². The largest absolute Gasteiger partial charge is 0.301 e. The highest BCUT2D eigenvalue weighted by Crippen LogP contribution is 2.19. The fourth-order valence-corrected chi connectivity index (χ4v) is 1.65. The van der Waals surface area contributed by atoms with Crippen LogP contribution in [-0.4, -0.2) is 37.1 Å². The number of nitroso groups, excluding NO2 is 1. The second-order valence-corrected chi connectivity index (χ2v) is 3.98. The van der Waals surface area contributed by atoms with Gasteiger partial charge in [0, 0.05) is 0 Å². The maximum atomic E-state index is 10.6. The molecule has 0 aliphatic rings. The summed E-state index contributed by atoms with van der Waals surface area (Å²) in [7, 11) is 3.88. The van der Waals surface area contributed by atoms with Crippen LogP contribution in [0.1, 0.15) is 11.6 Å². The van der Waals surface area contributed by atoms with Gasteiger partial charge in [0.15, 0.2) is 0 Å². The van der Waals surface area contributed by atoms with Gasteiger partial charge in [-0.25, -0.2) is 5.01 Å². The quantitative estimate of drug-likeness (QED) is 0.426. The van der Waals surface area contributed by atoms with E-state index in [0.717, 1.165) is 5.56 Å². The minimum absolute atomic E-state index is 0.0146. The van der Waals surface area contributed by atoms with Crippen molar-refractivity contribution < 1.29 is 0 Å². The van der Waals surface area contributed by atoms with Crippen molar-refractivity contribution in [3.05, 3.63) is 40.8 Å². The van der Waals surface area contributed by atoms with Crippen molar-refractivity contribution in [3.63, 3.8) is 0 Å². The van der Waals surface area contributed by atoms with Crippen LogP contribution in [0.3, 0.4) is 0 Å². The van der Waals surface area contributed by atoms with Gasteiger partial charge in [0.2, 0.25) is 0 Å². The molecule has 0 N–H and O–H groups in total. The van der Waals surface area contributed by atoms with E-state index < -0.39 is 0 Å². The van der Waals surface area contributed by atoms with Crippen molar-refractivity contribution in [3.8, 4) is 6.07 Å². The van der Waals surface area contributed by atoms with Crippen LogP contribution < -0.4 is 0 Å². The van der Waals surface area contributed by atoms with E-state index in [0.29, 0.717) is 6.54 Å². The van der Waals surface area contributed by atoms with E-state index in [9.17, 15) is 4.91 Å². The van der Waals surface area contributed by atoms with Crippen LogP contribution in [0.15, 0.2) is 35.6 Å². The summed E-state index contributed by atoms with van der Waals surface area (Å²) in [5, 5.41) is 12.7. The predicted octanol–water partition coefficient (Wildman–Crippen LogP) is 1.80. The molecule has 0 aliphatic heterocycles. The van der Waals surface area contributed by atoms with Gasteiger partial charge in [0.25, 0.3) is 0 Å². The number of hydrogen-bond acceptors (Lipinski definition) is 4. The van der Waals surface area contributed by atoms with Gasteiger partial charge in [-0.3, -0.25) is 0 Å². The maximum absolute atomic E-state index is 10.6. The molecule has 0 aromatic heterocycles. The molecule has 0 aliphatic carbocycles. The van der Waals surface area contributed by atoms with E-state index in [1.165, 1.54) is 5.01 Å². The lowest BCUT2D eigenvalue weighted by Gasteiger charge is -2.27. The molecule has 0 saturated carbocycles. The molecule has 0 bridgehead atoms. The van der Waals surface area contributed by atoms with E-state index in [4.69, 9.17) is 5.26 Å². The number of nitriles is 1. The van der Waals surface area contributed by atoms with Crippen LogP contribution in [0.5, 0.6) is 0 Å². The monoisotopic (exact) mass is 232 g/mol. The van der Waals surface area contributed by atoms with Crippen LogP contribution in [0, 0.1) is 16.2 Å². The van der Waals surface area contributed by atoms with E-state index in [2.05, 4.69) is 5.29 Å². The molecule has 5 nitrogen and oxygen atoms in total. The maximum Gasteiger partial charge on any atom is 0.126 e. The van der Waals surface area contributed by atoms with Gasteiger partial charge in [0.1, 0.15) is 6.54 Å². The number of hydrogen-bond donors (Lipinski definition) is 0. The molecular weight excluding hydrogens is 216 g/mol. The fourth-order valence-electron chi connectivity index (χ4n) is 1.65. The SMILES string of the molecule is CN(C)C(CN(CC#N)N=O)c1ccccc1. The Bertz CT molecular complexity index is 385. The molecule has 1 atom stereocenters. The highest BCUT2D eigenvalue weighted by atomic mass is 16.3. The Labute approximate surface area is 101 Å². The summed E-state index contributed by atoms with van der Waals surface area (Å²) in [6, 6.07) is 11.8. The van der Waals surface area contributed by atoms with Gasteiger partial charge in [0.05, 0.1) is 23.9 Å². The van der Waals surface area contributed by atoms with Crippen LogP contribution in [0.4, 0.5) is 0 Å². The van der Waals surface area contributed by atoms with Crippen LogP contribution in [0.2, 0.25) is 0 Å². The zero-order valence-electron chi connectivity index (χ0n) is 10.1. The molecule has 1 aromatic rings. The lowest BCUT2D eigenvalue weighted by molar-refractivity contribution is 0.200. The van der Waals surface area contributed by atoms with E-state index in [1.807, 2.05) is 55.4 Å². The second kappa shape index (κ2) is 6.61. The van der Waals surface area contributed by atoms with E-state index in [-0.39, 0.29) is 12.6 Å². The van der Waals surface area contributed by atoms with Gasteiger partial charge in [-0.15, -0.1) is 4.91 Å². The average molecular weight is 232 g/mol. The van der Waals surface area contributed by atoms with Crippen molar-refractivity contribution in [1.82, 2.24) is 9.91 Å². The molecule has 0 amide bonds. The molecule has 1 aromatic carbocycles. The first-order valence-corrected chi connectivity index (χ1v) is 5.35. The third-order valence-corrected chi connectivity index (χ3v) is 2.56. The molecule has 0 spiro atoms. The molecule has 0 heterocycles. The van der Waals surface area contributed by atoms with Crippen LogP contribution >= 0.6 is 0 Å². The summed E-state index contributed by atoms with van der Waals surface area (Å²) >= 11 is 0. The highest BCUT2D eigenvalue weighted by Gasteiger charge is 2.17. The third kappa shape index (κ3) is 3.85. The van der Waals surface area contributed by atoms with Crippen molar-refractivity contribution in [2.24, 2.45) is 5.29 Å². The van der Waals surface area contributed by atoms with E-state index >= 15 is 0 Å². The minimum Gasteiger partial charge on any atom is -0.301 e. The normalized spacial score (nSPS) is 11.9. The summed E-state index contributed by atoms with van der Waals surface area (Å²) in [5.74, 6) is 0. The topological polar surface area (TPSA) is 59.7 Å². The average Bonchev–Trinajstić information content (AvgIpc) is 2.35. The molecule has 0 fully saturated rings. The van der Waals surface area contributed by atoms with Crippen LogP contribution in [0.25, 0.3) is 0 Å². The molecular formula is C12H16N4O. The first-order valence-electron chi connectivity index (χ1n) is 5.35. The standard InChI is InChI=1S/C12H16N4O/c1-15(2)12(10-16(14-17)9-8-13)11-6-4-3-5-7-11/h3-7,12H,9-10H2,1-2H3. The number of nitrogens with zero attached hydrogens (tertiary/aromatic N) is 4. The second-order valence-electron chi connectivity index (χ2n) is 3.98. The lowest BCUT2D eigenvalue weighted by atomic mass is 10.1. The Balaban J connectivity index is 2.81. The first-order chi connectivity index (χ1) is 8.19. The zero-order chi connectivity index (χ0) is 12.7. The number of likely N-dealkylation sites (N-methyl/N-ethyl adjacent to an activating group) is 1. The van der Waals surface area contributed by atoms with Gasteiger partial charge >= 0.3 is 0 Å². The van der Waals surface area contributed by atoms with Crippen molar-refractivity contribution in [2.75, 3.05) is 27.2 Å². The Morgan fingerprint density at radius 1 is 1.35 bits per heavy atom. The Kier molecular flexibility index (Phi) is 5.11. The Hall–Kier alpha value is -1.93. The Morgan fingerprint density at radius 2 is 2.00 bits per heavy atom. The van der Waals surface area contributed by atoms with Gasteiger partial charge < -0.3 is 4.90 Å². The summed E-state index contributed by atoms with van der Waals surface area (Å²) in [5.41, 5.74) is 1.10. The molecule has 1 rings (SSSR count). The zero-order valence-corrected chi connectivity index (χ0v) is 10.1. The first kappa shape index (κ1) is 13.1. The van der Waals surface area contributed by atoms with Crippen LogP contribution in [-0.2, 0) is 0 Å². The smallest absolute Gasteiger partial charge is 0.126 e. The fraction of sp³-hybridized carbons (Fsp3) is 0.417. The molecule has 1 unspecified atom stereocenters. The molecule has 0 radical (unpaired) electrons. The van der Waals surface area contributed by atoms with Crippen molar-refractivity contribution >= 4 is 0 Å². The van der Waals surface area contributed by atoms with E-state index in [1.54, 1.807) is 0 Å². The summed E-state index contributed by atoms with van der Waals surface area (Å²) < 4.78 is 0. The molecule has 17 heavy (non-hydrogen) atoms. The molecule has 90 valence electrons. The predicted molar refractivity (Wildman–Crippen MR) is 65.9 cm³/mol. The number of rotatable bonds is 6. The molecule has 0 saturated heterocycles. The van der Waals surface area contributed by atoms with Crippen molar-refractivity contribution in [2.45, 2.75) is 6.04 Å². The Morgan fingerprint density at radius 3 is 2.47 bits per heavy atom. The summed E-state index contributed by atoms with van der Waals surface area (Å²) in [4.78, 5) is 12.6. The van der Waals surface area contributed by atoms with Gasteiger partial charge in [-0.1, -0.05) is 30.3 Å². The number of benzene rings is 1. The lowest BCUT2D eigenvalue weighted by Crippen LogP contribution is -2.32. The highest BCUT2D eigenvalue weighted by molar-refractivity contribution is 5.19. The van der Waals surface area contributed by atoms with Gasteiger partial charge in [-0.2, -0.15) is 5.26 Å². The third-order valence-electron chi connectivity index (χ3n) is 2.56. The minimum atomic E-state index is 0.0146. The summed E-state index contributed by atoms with van der Waals surface area (Å²) in [6.07, 6.45) is 0. The molecule has 5 heteroatoms. The van der Waals surface area contributed by atoms with Gasteiger partial charge in [-0.05, 0) is 19.7 Å².